The third kappa shape index (κ3) is 3.88. The van der Waals surface area contributed by atoms with Crippen molar-refractivity contribution in [3.8, 4) is 0 Å². The van der Waals surface area contributed by atoms with Crippen LogP contribution in [0, 0.1) is 52.3 Å². The molecule has 0 spiro atoms. The second-order valence-corrected chi connectivity index (χ2v) is 12.8. The molecular weight excluding hydrogens is 368 g/mol. The van der Waals surface area contributed by atoms with Crippen molar-refractivity contribution in [3.05, 3.63) is 0 Å². The summed E-state index contributed by atoms with van der Waals surface area (Å²) in [5.41, 5.74) is 1.08. The van der Waals surface area contributed by atoms with Gasteiger partial charge in [-0.3, -0.25) is 4.79 Å². The van der Waals surface area contributed by atoms with Gasteiger partial charge in [0, 0.05) is 6.92 Å². The molecule has 4 fully saturated rings. The average molecular weight is 417 g/mol. The van der Waals surface area contributed by atoms with Gasteiger partial charge in [-0.1, -0.05) is 47.5 Å². The number of hydrogen-bond donors (Lipinski definition) is 0. The number of ether oxygens (including phenoxy) is 1. The van der Waals surface area contributed by atoms with Crippen LogP contribution in [0.4, 0.5) is 0 Å². The zero-order valence-corrected chi connectivity index (χ0v) is 20.7. The van der Waals surface area contributed by atoms with Gasteiger partial charge in [0.2, 0.25) is 0 Å². The van der Waals surface area contributed by atoms with Gasteiger partial charge in [0.05, 0.1) is 0 Å². The van der Waals surface area contributed by atoms with Crippen molar-refractivity contribution in [1.82, 2.24) is 0 Å². The molecule has 4 rings (SSSR count). The van der Waals surface area contributed by atoms with Gasteiger partial charge in [-0.2, -0.15) is 0 Å². The lowest BCUT2D eigenvalue weighted by Crippen LogP contribution is -2.54. The molecule has 2 heteroatoms. The standard InChI is InChI=1S/C28H48O2/c1-18(2)7-8-19(3)24-11-12-25-23-10-9-21-17-22(30-20(4)29)13-15-27(21,5)26(23)14-16-28(24,25)6/h18-19,21-26H,7-17H2,1-6H3. The summed E-state index contributed by atoms with van der Waals surface area (Å²) in [6, 6.07) is 0. The van der Waals surface area contributed by atoms with E-state index in [-0.39, 0.29) is 12.1 Å². The minimum Gasteiger partial charge on any atom is -0.463 e. The van der Waals surface area contributed by atoms with Crippen LogP contribution in [0.5, 0.6) is 0 Å². The predicted molar refractivity (Wildman–Crippen MR) is 124 cm³/mol. The van der Waals surface area contributed by atoms with Crippen LogP contribution in [-0.2, 0) is 9.53 Å². The maximum absolute atomic E-state index is 11.5. The molecule has 4 aliphatic carbocycles. The van der Waals surface area contributed by atoms with Crippen LogP contribution in [0.3, 0.4) is 0 Å². The molecule has 2 nitrogen and oxygen atoms in total. The van der Waals surface area contributed by atoms with Crippen molar-refractivity contribution >= 4 is 5.97 Å². The van der Waals surface area contributed by atoms with Gasteiger partial charge in [0.15, 0.2) is 0 Å². The lowest BCUT2D eigenvalue weighted by molar-refractivity contribution is -0.160. The molecule has 9 unspecified atom stereocenters. The summed E-state index contributed by atoms with van der Waals surface area (Å²) in [6.45, 7) is 14.2. The molecule has 0 radical (unpaired) electrons. The Labute approximate surface area is 186 Å². The van der Waals surface area contributed by atoms with Crippen LogP contribution in [0.2, 0.25) is 0 Å². The van der Waals surface area contributed by atoms with E-state index in [1.807, 2.05) is 0 Å². The van der Waals surface area contributed by atoms with Gasteiger partial charge < -0.3 is 4.74 Å². The van der Waals surface area contributed by atoms with Crippen molar-refractivity contribution in [2.24, 2.45) is 52.3 Å². The zero-order chi connectivity index (χ0) is 21.7. The first-order valence-electron chi connectivity index (χ1n) is 13.3. The van der Waals surface area contributed by atoms with Crippen molar-refractivity contribution in [3.63, 3.8) is 0 Å². The lowest BCUT2D eigenvalue weighted by Gasteiger charge is -2.61. The minimum absolute atomic E-state index is 0.0886. The summed E-state index contributed by atoms with van der Waals surface area (Å²) in [5.74, 6) is 6.20. The number of esters is 1. The minimum atomic E-state index is -0.0886. The number of carbonyl (C=O) groups excluding carboxylic acids is 1. The van der Waals surface area contributed by atoms with Gasteiger partial charge >= 0.3 is 5.97 Å². The van der Waals surface area contributed by atoms with E-state index >= 15 is 0 Å². The molecule has 9 atom stereocenters. The Bertz CT molecular complexity index is 626. The van der Waals surface area contributed by atoms with Crippen LogP contribution >= 0.6 is 0 Å². The number of hydrogen-bond acceptors (Lipinski definition) is 2. The second kappa shape index (κ2) is 8.43. The van der Waals surface area contributed by atoms with E-state index < -0.39 is 0 Å². The number of rotatable bonds is 5. The maximum atomic E-state index is 11.5. The van der Waals surface area contributed by atoms with Gasteiger partial charge in [-0.25, -0.2) is 0 Å². The number of fused-ring (bicyclic) bond motifs is 5. The fourth-order valence-electron chi connectivity index (χ4n) is 9.33. The summed E-state index contributed by atoms with van der Waals surface area (Å²) in [4.78, 5) is 11.5. The summed E-state index contributed by atoms with van der Waals surface area (Å²) in [7, 11) is 0. The van der Waals surface area contributed by atoms with E-state index in [1.54, 1.807) is 6.92 Å². The molecule has 0 aromatic rings. The third-order valence-electron chi connectivity index (χ3n) is 10.9. The largest absolute Gasteiger partial charge is 0.463 e. The Kier molecular flexibility index (Phi) is 6.37. The molecular formula is C28H48O2. The summed E-state index contributed by atoms with van der Waals surface area (Å²) in [6.07, 6.45) is 15.2. The molecule has 0 saturated heterocycles. The molecule has 0 heterocycles. The molecule has 0 aromatic heterocycles. The molecule has 4 aliphatic rings. The third-order valence-corrected chi connectivity index (χ3v) is 10.9. The normalized spacial score (nSPS) is 46.6. The first kappa shape index (κ1) is 22.7. The van der Waals surface area contributed by atoms with Crippen LogP contribution < -0.4 is 0 Å². The highest BCUT2D eigenvalue weighted by Crippen LogP contribution is 2.68. The first-order chi connectivity index (χ1) is 14.1. The fraction of sp³-hybridized carbons (Fsp3) is 0.964. The smallest absolute Gasteiger partial charge is 0.302 e. The van der Waals surface area contributed by atoms with E-state index in [0.29, 0.717) is 10.8 Å². The van der Waals surface area contributed by atoms with Crippen molar-refractivity contribution < 1.29 is 9.53 Å². The maximum Gasteiger partial charge on any atom is 0.302 e. The van der Waals surface area contributed by atoms with Crippen LogP contribution in [0.1, 0.15) is 112 Å². The lowest BCUT2D eigenvalue weighted by atomic mass is 9.44. The van der Waals surface area contributed by atoms with Gasteiger partial charge in [-0.15, -0.1) is 0 Å². The molecule has 0 bridgehead atoms. The van der Waals surface area contributed by atoms with Gasteiger partial charge in [0.1, 0.15) is 6.10 Å². The Morgan fingerprint density at radius 1 is 0.900 bits per heavy atom. The SMILES string of the molecule is CC(=O)OC1CCC2(C)C(CCC3C2CCC2(C)C(C(C)CCC(C)C)CCC32)C1. The Balaban J connectivity index is 1.46. The Morgan fingerprint density at radius 3 is 2.30 bits per heavy atom. The van der Waals surface area contributed by atoms with Crippen molar-refractivity contribution in [1.29, 1.82) is 0 Å². The molecule has 0 aliphatic heterocycles. The quantitative estimate of drug-likeness (QED) is 0.430. The fourth-order valence-corrected chi connectivity index (χ4v) is 9.33. The van der Waals surface area contributed by atoms with Gasteiger partial charge in [-0.05, 0) is 110 Å². The Morgan fingerprint density at radius 2 is 1.60 bits per heavy atom. The molecule has 172 valence electrons. The molecule has 0 aromatic carbocycles. The van der Waals surface area contributed by atoms with Crippen molar-refractivity contribution in [2.75, 3.05) is 0 Å². The average Bonchev–Trinajstić information content (AvgIpc) is 3.03. The number of carbonyl (C=O) groups is 1. The topological polar surface area (TPSA) is 26.3 Å². The summed E-state index contributed by atoms with van der Waals surface area (Å²) >= 11 is 0. The second-order valence-electron chi connectivity index (χ2n) is 12.8. The molecule has 0 N–H and O–H groups in total. The summed E-state index contributed by atoms with van der Waals surface area (Å²) in [5, 5.41) is 0. The first-order valence-corrected chi connectivity index (χ1v) is 13.3. The van der Waals surface area contributed by atoms with E-state index in [4.69, 9.17) is 4.74 Å². The van der Waals surface area contributed by atoms with E-state index in [9.17, 15) is 4.79 Å². The highest BCUT2D eigenvalue weighted by molar-refractivity contribution is 5.66. The predicted octanol–water partition coefficient (Wildman–Crippen LogP) is 7.65. The Hall–Kier alpha value is -0.530. The zero-order valence-electron chi connectivity index (χ0n) is 20.7. The molecule has 0 amide bonds. The van der Waals surface area contributed by atoms with Crippen molar-refractivity contribution in [2.45, 2.75) is 118 Å². The van der Waals surface area contributed by atoms with E-state index in [2.05, 4.69) is 34.6 Å². The highest BCUT2D eigenvalue weighted by atomic mass is 16.5. The monoisotopic (exact) mass is 416 g/mol. The molecule has 30 heavy (non-hydrogen) atoms. The van der Waals surface area contributed by atoms with Crippen LogP contribution in [0.25, 0.3) is 0 Å². The van der Waals surface area contributed by atoms with Crippen LogP contribution in [-0.4, -0.2) is 12.1 Å². The highest BCUT2D eigenvalue weighted by Gasteiger charge is 2.60. The van der Waals surface area contributed by atoms with Crippen LogP contribution in [0.15, 0.2) is 0 Å². The van der Waals surface area contributed by atoms with E-state index in [0.717, 1.165) is 54.3 Å². The van der Waals surface area contributed by atoms with E-state index in [1.165, 1.54) is 57.8 Å². The summed E-state index contributed by atoms with van der Waals surface area (Å²) < 4.78 is 5.65. The van der Waals surface area contributed by atoms with Gasteiger partial charge in [0.25, 0.3) is 0 Å². The molecule has 4 saturated carbocycles.